The molecule has 0 bridgehead atoms. The smallest absolute Gasteiger partial charge is 0.456 e. The minimum Gasteiger partial charge on any atom is -0.456 e. The van der Waals surface area contributed by atoms with Gasteiger partial charge in [0.15, 0.2) is 13.2 Å². The van der Waals surface area contributed by atoms with E-state index in [1.165, 1.54) is 0 Å². The molecule has 0 unspecified atom stereocenters. The number of esters is 2. The van der Waals surface area contributed by atoms with Gasteiger partial charge >= 0.3 is 30.2 Å². The molecule has 5 nitrogen and oxygen atoms in total. The number of carbonyl (C=O) groups excluding carboxylic acids is 2. The monoisotopic (exact) mass is 374 g/mol. The van der Waals surface area contributed by atoms with Gasteiger partial charge in [-0.1, -0.05) is 6.58 Å². The van der Waals surface area contributed by atoms with Crippen molar-refractivity contribution in [3.8, 4) is 0 Å². The van der Waals surface area contributed by atoms with E-state index in [4.69, 9.17) is 0 Å². The fraction of sp³-hybridized carbons (Fsp3) is 0.636. The summed E-state index contributed by atoms with van der Waals surface area (Å²) >= 11 is 0. The van der Waals surface area contributed by atoms with Crippen molar-refractivity contribution in [3.63, 3.8) is 0 Å². The lowest BCUT2D eigenvalue weighted by molar-refractivity contribution is -0.294. The van der Waals surface area contributed by atoms with Crippen molar-refractivity contribution in [3.05, 3.63) is 12.2 Å². The zero-order valence-corrected chi connectivity index (χ0v) is 11.6. The van der Waals surface area contributed by atoms with Crippen molar-refractivity contribution in [2.75, 3.05) is 26.4 Å². The van der Waals surface area contributed by atoms with Crippen LogP contribution >= 0.6 is 0 Å². The number of ether oxygens (including phenoxy) is 3. The summed E-state index contributed by atoms with van der Waals surface area (Å²) in [5.41, 5.74) is -0.646. The van der Waals surface area contributed by atoms with Gasteiger partial charge in [0, 0.05) is 0 Å². The van der Waals surface area contributed by atoms with E-state index in [0.29, 0.717) is 0 Å². The first-order valence-corrected chi connectivity index (χ1v) is 5.75. The number of carbonyl (C=O) groups is 2. The molecule has 0 aromatic rings. The normalized spacial score (nSPS) is 12.7. The van der Waals surface area contributed by atoms with Gasteiger partial charge in [-0.25, -0.2) is 9.59 Å². The van der Waals surface area contributed by atoms with E-state index < -0.39 is 62.2 Å². The van der Waals surface area contributed by atoms with Crippen molar-refractivity contribution < 1.29 is 58.9 Å². The van der Waals surface area contributed by atoms with Crippen molar-refractivity contribution >= 4 is 11.9 Å². The van der Waals surface area contributed by atoms with Crippen molar-refractivity contribution in [1.82, 2.24) is 0 Å². The average molecular weight is 374 g/mol. The molecule has 0 radical (unpaired) electrons. The molecule has 0 aliphatic rings. The van der Waals surface area contributed by atoms with E-state index in [0.717, 1.165) is 0 Å². The highest BCUT2D eigenvalue weighted by Crippen LogP contribution is 2.35. The van der Waals surface area contributed by atoms with E-state index in [1.807, 2.05) is 0 Å². The molecule has 0 atom stereocenters. The van der Waals surface area contributed by atoms with Crippen molar-refractivity contribution in [2.24, 2.45) is 0 Å². The molecule has 0 rings (SSSR count). The number of hydrogen-bond donors (Lipinski definition) is 0. The summed E-state index contributed by atoms with van der Waals surface area (Å²) in [6, 6.07) is 0. The fourth-order valence-corrected chi connectivity index (χ4v) is 0.870. The molecule has 0 aromatic carbocycles. The molecular formula is C11H10F8O5. The van der Waals surface area contributed by atoms with E-state index in [9.17, 15) is 44.7 Å². The molecule has 0 fully saturated rings. The second-order valence-corrected chi connectivity index (χ2v) is 4.15. The SMILES string of the molecule is C=C(COCC(F)(F)F)C(=O)OCC(=O)OCC(F)(F)C(F)(F)F. The van der Waals surface area contributed by atoms with Crippen LogP contribution in [0.4, 0.5) is 35.1 Å². The molecular weight excluding hydrogens is 364 g/mol. The average Bonchev–Trinajstić information content (AvgIpc) is 2.39. The lowest BCUT2D eigenvalue weighted by atomic mass is 10.3. The van der Waals surface area contributed by atoms with Crippen LogP contribution < -0.4 is 0 Å². The number of alkyl halides is 8. The Labute approximate surface area is 129 Å². The zero-order valence-electron chi connectivity index (χ0n) is 11.6. The summed E-state index contributed by atoms with van der Waals surface area (Å²) in [7, 11) is 0. The minimum atomic E-state index is -5.94. The first-order chi connectivity index (χ1) is 10.7. The fourth-order valence-electron chi connectivity index (χ4n) is 0.870. The number of rotatable bonds is 8. The van der Waals surface area contributed by atoms with Gasteiger partial charge in [-0.15, -0.1) is 0 Å². The van der Waals surface area contributed by atoms with E-state index in [1.54, 1.807) is 0 Å². The first-order valence-electron chi connectivity index (χ1n) is 5.75. The molecule has 0 N–H and O–H groups in total. The highest BCUT2D eigenvalue weighted by molar-refractivity contribution is 5.89. The maximum Gasteiger partial charge on any atom is 0.456 e. The molecule has 0 amide bonds. The molecule has 0 aliphatic heterocycles. The molecule has 0 aliphatic carbocycles. The summed E-state index contributed by atoms with van der Waals surface area (Å²) < 4.78 is 107. The van der Waals surface area contributed by atoms with E-state index in [2.05, 4.69) is 20.8 Å². The predicted molar refractivity (Wildman–Crippen MR) is 58.9 cm³/mol. The second kappa shape index (κ2) is 8.26. The summed E-state index contributed by atoms with van der Waals surface area (Å²) in [5, 5.41) is 0. The Morgan fingerprint density at radius 1 is 0.833 bits per heavy atom. The van der Waals surface area contributed by atoms with Gasteiger partial charge in [-0.05, 0) is 0 Å². The Bertz CT molecular complexity index is 468. The number of hydrogen-bond acceptors (Lipinski definition) is 5. The van der Waals surface area contributed by atoms with Crippen LogP contribution in [-0.4, -0.2) is 56.6 Å². The summed E-state index contributed by atoms with van der Waals surface area (Å²) in [6.45, 7) is -3.27. The standard InChI is InChI=1S/C11H10F8O5/c1-6(2-22-5-10(14,15)16)8(21)23-3-7(20)24-4-9(12,13)11(17,18)19/h1-5H2. The zero-order chi connectivity index (χ0) is 19.2. The molecule has 0 saturated carbocycles. The Morgan fingerprint density at radius 2 is 1.38 bits per heavy atom. The quantitative estimate of drug-likeness (QED) is 0.371. The van der Waals surface area contributed by atoms with Gasteiger partial charge in [-0.3, -0.25) is 0 Å². The maximum atomic E-state index is 12.4. The van der Waals surface area contributed by atoms with Crippen LogP contribution in [0.5, 0.6) is 0 Å². The van der Waals surface area contributed by atoms with Crippen molar-refractivity contribution in [1.29, 1.82) is 0 Å². The van der Waals surface area contributed by atoms with Gasteiger partial charge in [0.2, 0.25) is 0 Å². The van der Waals surface area contributed by atoms with Crippen molar-refractivity contribution in [2.45, 2.75) is 18.3 Å². The van der Waals surface area contributed by atoms with Crippen LogP contribution in [0.1, 0.15) is 0 Å². The Kier molecular flexibility index (Phi) is 7.60. The van der Waals surface area contributed by atoms with Gasteiger partial charge in [0.25, 0.3) is 0 Å². The third kappa shape index (κ3) is 8.64. The molecule has 0 saturated heterocycles. The van der Waals surface area contributed by atoms with E-state index in [-0.39, 0.29) is 0 Å². The predicted octanol–water partition coefficient (Wildman–Crippen LogP) is 2.41. The minimum absolute atomic E-state index is 0.646. The summed E-state index contributed by atoms with van der Waals surface area (Å²) in [6.07, 6.45) is -10.6. The van der Waals surface area contributed by atoms with Crippen LogP contribution in [-0.2, 0) is 23.8 Å². The Hall–Kier alpha value is -1.92. The lowest BCUT2D eigenvalue weighted by Gasteiger charge is -2.19. The molecule has 0 spiro atoms. The van der Waals surface area contributed by atoms with Crippen LogP contribution in [0.15, 0.2) is 12.2 Å². The topological polar surface area (TPSA) is 61.8 Å². The molecule has 140 valence electrons. The molecule has 24 heavy (non-hydrogen) atoms. The van der Waals surface area contributed by atoms with Crippen LogP contribution in [0.2, 0.25) is 0 Å². The Balaban J connectivity index is 4.14. The highest BCUT2D eigenvalue weighted by atomic mass is 19.4. The van der Waals surface area contributed by atoms with Crippen LogP contribution in [0.3, 0.4) is 0 Å². The maximum absolute atomic E-state index is 12.4. The van der Waals surface area contributed by atoms with Crippen LogP contribution in [0, 0.1) is 0 Å². The summed E-state index contributed by atoms with van der Waals surface area (Å²) in [4.78, 5) is 22.0. The largest absolute Gasteiger partial charge is 0.456 e. The molecule has 0 heterocycles. The molecule has 13 heteroatoms. The highest BCUT2D eigenvalue weighted by Gasteiger charge is 2.58. The van der Waals surface area contributed by atoms with Gasteiger partial charge in [0.05, 0.1) is 12.2 Å². The number of halogens is 8. The second-order valence-electron chi connectivity index (χ2n) is 4.15. The van der Waals surface area contributed by atoms with Gasteiger partial charge in [0.1, 0.15) is 6.61 Å². The summed E-state index contributed by atoms with van der Waals surface area (Å²) in [5.74, 6) is -8.44. The third-order valence-corrected chi connectivity index (χ3v) is 1.98. The lowest BCUT2D eigenvalue weighted by Crippen LogP contribution is -2.41. The first kappa shape index (κ1) is 22.1. The van der Waals surface area contributed by atoms with Gasteiger partial charge < -0.3 is 14.2 Å². The van der Waals surface area contributed by atoms with Gasteiger partial charge in [-0.2, -0.15) is 35.1 Å². The molecule has 0 aromatic heterocycles. The van der Waals surface area contributed by atoms with E-state index >= 15 is 0 Å². The van der Waals surface area contributed by atoms with Crippen LogP contribution in [0.25, 0.3) is 0 Å². The Morgan fingerprint density at radius 3 is 1.83 bits per heavy atom. The third-order valence-electron chi connectivity index (χ3n) is 1.98.